The number of hydrogen-bond acceptors (Lipinski definition) is 3. The van der Waals surface area contributed by atoms with E-state index in [1.165, 1.54) is 0 Å². The van der Waals surface area contributed by atoms with Gasteiger partial charge in [-0.2, -0.15) is 0 Å². The molecule has 1 amide bonds. The van der Waals surface area contributed by atoms with Crippen LogP contribution in [0.2, 0.25) is 0 Å². The number of nitrogens with one attached hydrogen (secondary N) is 1. The summed E-state index contributed by atoms with van der Waals surface area (Å²) in [6.07, 6.45) is 1.02. The zero-order chi connectivity index (χ0) is 14.3. The summed E-state index contributed by atoms with van der Waals surface area (Å²) in [5.41, 5.74) is 6.95. The molecule has 0 aliphatic carbocycles. The fourth-order valence-corrected chi connectivity index (χ4v) is 2.38. The topological polar surface area (TPSA) is 55.1 Å². The van der Waals surface area contributed by atoms with Crippen molar-refractivity contribution in [2.24, 2.45) is 11.7 Å². The minimum absolute atomic E-state index is 0.0282. The second kappa shape index (κ2) is 8.23. The molecule has 1 atom stereocenters. The monoisotopic (exact) mass is 280 g/mol. The molecule has 0 spiro atoms. The summed E-state index contributed by atoms with van der Waals surface area (Å²) in [5.74, 6) is 1.17. The van der Waals surface area contributed by atoms with Gasteiger partial charge in [0.15, 0.2) is 0 Å². The lowest BCUT2D eigenvalue weighted by molar-refractivity contribution is -0.118. The van der Waals surface area contributed by atoms with Crippen LogP contribution in [0.25, 0.3) is 0 Å². The van der Waals surface area contributed by atoms with E-state index < -0.39 is 0 Å². The molecule has 3 nitrogen and oxygen atoms in total. The van der Waals surface area contributed by atoms with Crippen LogP contribution in [0.15, 0.2) is 29.2 Å². The van der Waals surface area contributed by atoms with E-state index in [0.29, 0.717) is 11.7 Å². The molecule has 0 aromatic heterocycles. The van der Waals surface area contributed by atoms with Gasteiger partial charge in [0, 0.05) is 17.5 Å². The first kappa shape index (κ1) is 16.1. The molecule has 106 valence electrons. The number of carbonyl (C=O) groups excluding carboxylic acids is 1. The fourth-order valence-electron chi connectivity index (χ4n) is 1.59. The third-order valence-electron chi connectivity index (χ3n) is 2.80. The Bertz CT molecular complexity index is 405. The molecule has 19 heavy (non-hydrogen) atoms. The van der Waals surface area contributed by atoms with Crippen molar-refractivity contribution in [3.8, 4) is 0 Å². The minimum atomic E-state index is 0.0282. The van der Waals surface area contributed by atoms with Crippen LogP contribution in [0.1, 0.15) is 38.8 Å². The van der Waals surface area contributed by atoms with Crippen molar-refractivity contribution in [3.63, 3.8) is 0 Å². The molecule has 1 rings (SSSR count). The zero-order valence-electron chi connectivity index (χ0n) is 12.0. The second-order valence-electron chi connectivity index (χ2n) is 5.18. The summed E-state index contributed by atoms with van der Waals surface area (Å²) in [7, 11) is 0. The SMILES string of the molecule is CC(C)CCNC(=O)CSc1cccc(C(C)N)c1. The molecule has 0 aliphatic heterocycles. The lowest BCUT2D eigenvalue weighted by Crippen LogP contribution is -2.26. The van der Waals surface area contributed by atoms with Crippen molar-refractivity contribution >= 4 is 17.7 Å². The predicted octanol–water partition coefficient (Wildman–Crippen LogP) is 2.96. The number of benzene rings is 1. The minimum Gasteiger partial charge on any atom is -0.355 e. The summed E-state index contributed by atoms with van der Waals surface area (Å²) in [6, 6.07) is 8.09. The largest absolute Gasteiger partial charge is 0.355 e. The first-order valence-electron chi connectivity index (χ1n) is 6.74. The maximum Gasteiger partial charge on any atom is 0.230 e. The van der Waals surface area contributed by atoms with Gasteiger partial charge in [0.2, 0.25) is 5.91 Å². The molecular weight excluding hydrogens is 256 g/mol. The van der Waals surface area contributed by atoms with Crippen molar-refractivity contribution in [1.82, 2.24) is 5.32 Å². The molecule has 3 N–H and O–H groups in total. The standard InChI is InChI=1S/C15H24N2OS/c1-11(2)7-8-17-15(18)10-19-14-6-4-5-13(9-14)12(3)16/h4-6,9,11-12H,7-8,10,16H2,1-3H3,(H,17,18). The van der Waals surface area contributed by atoms with Crippen molar-refractivity contribution in [2.75, 3.05) is 12.3 Å². The highest BCUT2D eigenvalue weighted by Gasteiger charge is 2.05. The maximum absolute atomic E-state index is 11.7. The van der Waals surface area contributed by atoms with Gasteiger partial charge in [-0.05, 0) is 37.0 Å². The fraction of sp³-hybridized carbons (Fsp3) is 0.533. The highest BCUT2D eigenvalue weighted by Crippen LogP contribution is 2.21. The first-order chi connectivity index (χ1) is 8.99. The summed E-state index contributed by atoms with van der Waals surface area (Å²) in [4.78, 5) is 12.8. The number of amides is 1. The molecule has 0 bridgehead atoms. The molecule has 0 radical (unpaired) electrons. The quantitative estimate of drug-likeness (QED) is 0.755. The summed E-state index contributed by atoms with van der Waals surface area (Å²) in [6.45, 7) is 7.03. The van der Waals surface area contributed by atoms with Gasteiger partial charge in [0.05, 0.1) is 5.75 Å². The van der Waals surface area contributed by atoms with Crippen LogP contribution in [0, 0.1) is 5.92 Å². The Labute approximate surface area is 120 Å². The van der Waals surface area contributed by atoms with Crippen molar-refractivity contribution < 1.29 is 4.79 Å². The van der Waals surface area contributed by atoms with E-state index in [2.05, 4.69) is 25.2 Å². The number of carbonyl (C=O) groups is 1. The number of nitrogens with two attached hydrogens (primary N) is 1. The van der Waals surface area contributed by atoms with E-state index >= 15 is 0 Å². The van der Waals surface area contributed by atoms with E-state index in [1.807, 2.05) is 25.1 Å². The summed E-state index contributed by atoms with van der Waals surface area (Å²) in [5, 5.41) is 2.94. The molecule has 0 aliphatic rings. The smallest absolute Gasteiger partial charge is 0.230 e. The maximum atomic E-state index is 11.7. The van der Waals surface area contributed by atoms with Crippen molar-refractivity contribution in [2.45, 2.75) is 38.1 Å². The Morgan fingerprint density at radius 2 is 2.11 bits per heavy atom. The van der Waals surface area contributed by atoms with Crippen LogP contribution >= 0.6 is 11.8 Å². The van der Waals surface area contributed by atoms with Crippen LogP contribution < -0.4 is 11.1 Å². The van der Waals surface area contributed by atoms with Crippen molar-refractivity contribution in [3.05, 3.63) is 29.8 Å². The van der Waals surface area contributed by atoms with Crippen LogP contribution in [0.3, 0.4) is 0 Å². The molecule has 0 saturated carbocycles. The van der Waals surface area contributed by atoms with Crippen molar-refractivity contribution in [1.29, 1.82) is 0 Å². The Morgan fingerprint density at radius 1 is 1.37 bits per heavy atom. The van der Waals surface area contributed by atoms with Crippen LogP contribution in [0.4, 0.5) is 0 Å². The molecule has 1 aromatic carbocycles. The number of hydrogen-bond donors (Lipinski definition) is 2. The molecule has 0 saturated heterocycles. The van der Waals surface area contributed by atoms with Gasteiger partial charge in [-0.1, -0.05) is 26.0 Å². The summed E-state index contributed by atoms with van der Waals surface area (Å²) >= 11 is 1.55. The lowest BCUT2D eigenvalue weighted by Gasteiger charge is -2.09. The third kappa shape index (κ3) is 6.64. The third-order valence-corrected chi connectivity index (χ3v) is 3.79. The molecule has 0 heterocycles. The molecule has 4 heteroatoms. The Hall–Kier alpha value is -1.00. The lowest BCUT2D eigenvalue weighted by atomic mass is 10.1. The Kier molecular flexibility index (Phi) is 6.95. The van der Waals surface area contributed by atoms with E-state index in [9.17, 15) is 4.79 Å². The van der Waals surface area contributed by atoms with Gasteiger partial charge < -0.3 is 11.1 Å². The average molecular weight is 280 g/mol. The van der Waals surface area contributed by atoms with Gasteiger partial charge in [-0.3, -0.25) is 4.79 Å². The van der Waals surface area contributed by atoms with E-state index in [-0.39, 0.29) is 11.9 Å². The predicted molar refractivity (Wildman–Crippen MR) is 82.2 cm³/mol. The molecular formula is C15H24N2OS. The van der Waals surface area contributed by atoms with Crippen LogP contribution in [-0.2, 0) is 4.79 Å². The number of rotatable bonds is 7. The van der Waals surface area contributed by atoms with Gasteiger partial charge in [-0.15, -0.1) is 11.8 Å². The van der Waals surface area contributed by atoms with Gasteiger partial charge >= 0.3 is 0 Å². The Balaban J connectivity index is 2.35. The molecule has 1 unspecified atom stereocenters. The first-order valence-corrected chi connectivity index (χ1v) is 7.72. The molecule has 1 aromatic rings. The zero-order valence-corrected chi connectivity index (χ0v) is 12.8. The molecule has 0 fully saturated rings. The highest BCUT2D eigenvalue weighted by molar-refractivity contribution is 8.00. The van der Waals surface area contributed by atoms with Crippen LogP contribution in [0.5, 0.6) is 0 Å². The van der Waals surface area contributed by atoms with Gasteiger partial charge in [0.25, 0.3) is 0 Å². The summed E-state index contributed by atoms with van der Waals surface area (Å²) < 4.78 is 0. The average Bonchev–Trinajstić information content (AvgIpc) is 2.36. The van der Waals surface area contributed by atoms with E-state index in [1.54, 1.807) is 11.8 Å². The van der Waals surface area contributed by atoms with Crippen LogP contribution in [-0.4, -0.2) is 18.2 Å². The normalized spacial score (nSPS) is 12.5. The van der Waals surface area contributed by atoms with Gasteiger partial charge in [0.1, 0.15) is 0 Å². The van der Waals surface area contributed by atoms with E-state index in [4.69, 9.17) is 5.73 Å². The highest BCUT2D eigenvalue weighted by atomic mass is 32.2. The van der Waals surface area contributed by atoms with Gasteiger partial charge in [-0.25, -0.2) is 0 Å². The van der Waals surface area contributed by atoms with E-state index in [0.717, 1.165) is 23.4 Å². The second-order valence-corrected chi connectivity index (χ2v) is 6.23. The number of thioether (sulfide) groups is 1. The Morgan fingerprint density at radius 3 is 2.74 bits per heavy atom.